The number of amides is 1. The van der Waals surface area contributed by atoms with Crippen LogP contribution in [0.25, 0.3) is 0 Å². The van der Waals surface area contributed by atoms with Crippen molar-refractivity contribution < 1.29 is 18.3 Å². The van der Waals surface area contributed by atoms with Crippen molar-refractivity contribution in [2.24, 2.45) is 0 Å². The lowest BCUT2D eigenvalue weighted by Crippen LogP contribution is -2.23. The summed E-state index contributed by atoms with van der Waals surface area (Å²) in [6, 6.07) is 11.5. The minimum Gasteiger partial charge on any atom is -0.481 e. The van der Waals surface area contributed by atoms with E-state index in [9.17, 15) is 9.18 Å². The summed E-state index contributed by atoms with van der Waals surface area (Å²) in [5, 5.41) is 10.8. The van der Waals surface area contributed by atoms with Gasteiger partial charge in [-0.05, 0) is 63.1 Å². The van der Waals surface area contributed by atoms with Crippen molar-refractivity contribution in [2.75, 3.05) is 5.32 Å². The Morgan fingerprint density at radius 2 is 1.76 bits per heavy atom. The van der Waals surface area contributed by atoms with E-state index >= 15 is 0 Å². The Kier molecular flexibility index (Phi) is 6.53. The van der Waals surface area contributed by atoms with Crippen LogP contribution in [-0.4, -0.2) is 21.4 Å². The molecule has 2 aromatic carbocycles. The average molecular weight is 415 g/mol. The molecule has 152 valence electrons. The molecule has 2 atom stereocenters. The number of rotatable bonds is 7. The van der Waals surface area contributed by atoms with Crippen molar-refractivity contribution in [3.8, 4) is 5.75 Å². The van der Waals surface area contributed by atoms with Gasteiger partial charge in [-0.1, -0.05) is 30.0 Å². The molecule has 0 aliphatic rings. The topological polar surface area (TPSA) is 77.2 Å². The van der Waals surface area contributed by atoms with Gasteiger partial charge in [0.25, 0.3) is 11.1 Å². The zero-order valence-corrected chi connectivity index (χ0v) is 17.4. The van der Waals surface area contributed by atoms with E-state index in [1.807, 2.05) is 32.0 Å². The van der Waals surface area contributed by atoms with E-state index in [4.69, 9.17) is 9.15 Å². The molecule has 3 rings (SSSR count). The van der Waals surface area contributed by atoms with Crippen molar-refractivity contribution in [3.63, 3.8) is 0 Å². The Morgan fingerprint density at radius 3 is 2.41 bits per heavy atom. The summed E-state index contributed by atoms with van der Waals surface area (Å²) in [5.41, 5.74) is 2.82. The number of nitrogens with zero attached hydrogens (tertiary/aromatic N) is 2. The largest absolute Gasteiger partial charge is 0.481 e. The van der Waals surface area contributed by atoms with Crippen LogP contribution in [0.1, 0.15) is 37.0 Å². The molecule has 0 saturated heterocycles. The maximum absolute atomic E-state index is 13.0. The van der Waals surface area contributed by atoms with E-state index in [0.29, 0.717) is 5.75 Å². The van der Waals surface area contributed by atoms with Crippen LogP contribution in [0.4, 0.5) is 10.1 Å². The molecule has 3 aromatic rings. The van der Waals surface area contributed by atoms with Gasteiger partial charge in [0.05, 0.1) is 5.25 Å². The van der Waals surface area contributed by atoms with Crippen molar-refractivity contribution in [1.29, 1.82) is 0 Å². The number of ether oxygens (including phenoxy) is 1. The Bertz CT molecular complexity index is 971. The number of aryl methyl sites for hydroxylation is 2. The van der Waals surface area contributed by atoms with Crippen molar-refractivity contribution in [1.82, 2.24) is 10.2 Å². The van der Waals surface area contributed by atoms with Gasteiger partial charge >= 0.3 is 0 Å². The Labute approximate surface area is 172 Å². The quantitative estimate of drug-likeness (QED) is 0.542. The summed E-state index contributed by atoms with van der Waals surface area (Å²) < 4.78 is 24.3. The minimum atomic E-state index is -0.513. The number of halogens is 1. The summed E-state index contributed by atoms with van der Waals surface area (Å²) in [5.74, 6) is 0.282. The molecule has 1 N–H and O–H groups in total. The summed E-state index contributed by atoms with van der Waals surface area (Å²) in [6.45, 7) is 7.43. The molecule has 29 heavy (non-hydrogen) atoms. The molecular weight excluding hydrogens is 393 g/mol. The highest BCUT2D eigenvalue weighted by Gasteiger charge is 2.21. The SMILES string of the molecule is Cc1cccc(C)c1NC(=O)[C@@H](C)Sc1nnc([C@@H](C)Oc2ccc(F)cc2)o1. The van der Waals surface area contributed by atoms with Crippen LogP contribution in [0.5, 0.6) is 5.75 Å². The van der Waals surface area contributed by atoms with E-state index in [1.54, 1.807) is 13.8 Å². The van der Waals surface area contributed by atoms with Gasteiger partial charge in [0, 0.05) is 5.69 Å². The van der Waals surface area contributed by atoms with Gasteiger partial charge in [-0.3, -0.25) is 4.79 Å². The number of nitrogens with one attached hydrogen (secondary N) is 1. The zero-order valence-electron chi connectivity index (χ0n) is 16.6. The van der Waals surface area contributed by atoms with Gasteiger partial charge in [-0.15, -0.1) is 10.2 Å². The van der Waals surface area contributed by atoms with Gasteiger partial charge in [0.1, 0.15) is 11.6 Å². The van der Waals surface area contributed by atoms with E-state index in [-0.39, 0.29) is 22.8 Å². The predicted octanol–water partition coefficient (Wildman–Crippen LogP) is 5.08. The van der Waals surface area contributed by atoms with Crippen molar-refractivity contribution in [3.05, 3.63) is 65.3 Å². The van der Waals surface area contributed by atoms with E-state index in [0.717, 1.165) is 16.8 Å². The first-order valence-electron chi connectivity index (χ1n) is 9.13. The fourth-order valence-corrected chi connectivity index (χ4v) is 3.33. The zero-order chi connectivity index (χ0) is 21.0. The summed E-state index contributed by atoms with van der Waals surface area (Å²) in [6.07, 6.45) is -0.513. The van der Waals surface area contributed by atoms with Crippen LogP contribution in [0, 0.1) is 19.7 Å². The molecule has 8 heteroatoms. The van der Waals surface area contributed by atoms with Gasteiger partial charge < -0.3 is 14.5 Å². The lowest BCUT2D eigenvalue weighted by Gasteiger charge is -2.14. The Morgan fingerprint density at radius 1 is 1.10 bits per heavy atom. The molecule has 0 spiro atoms. The predicted molar refractivity (Wildman–Crippen MR) is 110 cm³/mol. The second kappa shape index (κ2) is 9.09. The average Bonchev–Trinajstić information content (AvgIpc) is 3.15. The molecule has 0 radical (unpaired) electrons. The normalized spacial score (nSPS) is 13.0. The molecule has 6 nitrogen and oxygen atoms in total. The molecule has 0 aliphatic heterocycles. The second-order valence-electron chi connectivity index (χ2n) is 6.64. The highest BCUT2D eigenvalue weighted by atomic mass is 32.2. The molecule has 0 saturated carbocycles. The summed E-state index contributed by atoms with van der Waals surface area (Å²) in [7, 11) is 0. The molecular formula is C21H22FN3O3S. The highest BCUT2D eigenvalue weighted by Crippen LogP contribution is 2.28. The number of carbonyl (C=O) groups is 1. The van der Waals surface area contributed by atoms with Gasteiger partial charge in [0.15, 0.2) is 6.10 Å². The standard InChI is InChI=1S/C21H22FN3O3S/c1-12-6-5-7-13(2)18(12)23-19(26)15(4)29-21-25-24-20(28-21)14(3)27-17-10-8-16(22)9-11-17/h5-11,14-15H,1-4H3,(H,23,26)/t14-,15-/m1/s1. The number of benzene rings is 2. The smallest absolute Gasteiger partial charge is 0.277 e. The number of thioether (sulfide) groups is 1. The first kappa shape index (κ1) is 20.9. The number of hydrogen-bond donors (Lipinski definition) is 1. The van der Waals surface area contributed by atoms with E-state index in [1.165, 1.54) is 36.0 Å². The lowest BCUT2D eigenvalue weighted by molar-refractivity contribution is -0.115. The van der Waals surface area contributed by atoms with Gasteiger partial charge in [-0.25, -0.2) is 4.39 Å². The van der Waals surface area contributed by atoms with Crippen molar-refractivity contribution >= 4 is 23.4 Å². The van der Waals surface area contributed by atoms with Gasteiger partial charge in [0.2, 0.25) is 5.91 Å². The number of para-hydroxylation sites is 1. The van der Waals surface area contributed by atoms with Crippen LogP contribution in [0.2, 0.25) is 0 Å². The van der Waals surface area contributed by atoms with E-state index < -0.39 is 11.4 Å². The minimum absolute atomic E-state index is 0.150. The molecule has 1 amide bonds. The van der Waals surface area contributed by atoms with Crippen LogP contribution >= 0.6 is 11.8 Å². The Hall–Kier alpha value is -2.87. The van der Waals surface area contributed by atoms with Gasteiger partial charge in [-0.2, -0.15) is 0 Å². The third-order valence-electron chi connectivity index (χ3n) is 4.27. The van der Waals surface area contributed by atoms with E-state index in [2.05, 4.69) is 15.5 Å². The number of hydrogen-bond acceptors (Lipinski definition) is 6. The van der Waals surface area contributed by atoms with Crippen LogP contribution in [0.15, 0.2) is 52.1 Å². The fraction of sp³-hybridized carbons (Fsp3) is 0.286. The second-order valence-corrected chi connectivity index (χ2v) is 7.93. The summed E-state index contributed by atoms with van der Waals surface area (Å²) in [4.78, 5) is 12.6. The number of aromatic nitrogens is 2. The molecule has 0 aliphatic carbocycles. The monoisotopic (exact) mass is 415 g/mol. The third-order valence-corrected chi connectivity index (χ3v) is 5.21. The summed E-state index contributed by atoms with van der Waals surface area (Å²) >= 11 is 1.17. The molecule has 1 heterocycles. The van der Waals surface area contributed by atoms with Crippen LogP contribution < -0.4 is 10.1 Å². The highest BCUT2D eigenvalue weighted by molar-refractivity contribution is 8.00. The first-order chi connectivity index (χ1) is 13.8. The number of anilines is 1. The molecule has 0 bridgehead atoms. The maximum atomic E-state index is 13.0. The number of carbonyl (C=O) groups excluding carboxylic acids is 1. The first-order valence-corrected chi connectivity index (χ1v) is 10.0. The van der Waals surface area contributed by atoms with Crippen LogP contribution in [-0.2, 0) is 4.79 Å². The molecule has 0 unspecified atom stereocenters. The van der Waals surface area contributed by atoms with Crippen molar-refractivity contribution in [2.45, 2.75) is 44.3 Å². The van der Waals surface area contributed by atoms with Crippen LogP contribution in [0.3, 0.4) is 0 Å². The Balaban J connectivity index is 1.60. The maximum Gasteiger partial charge on any atom is 0.277 e. The molecule has 0 fully saturated rings. The molecule has 1 aromatic heterocycles. The lowest BCUT2D eigenvalue weighted by atomic mass is 10.1. The fourth-order valence-electron chi connectivity index (χ4n) is 2.64. The third kappa shape index (κ3) is 5.35.